The molecule has 0 heterocycles. The molecule has 0 radical (unpaired) electrons. The van der Waals surface area contributed by atoms with E-state index >= 15 is 0 Å². The number of amides is 1. The molecule has 0 unspecified atom stereocenters. The van der Waals surface area contributed by atoms with Gasteiger partial charge in [0.1, 0.15) is 6.54 Å². The molecular weight excluding hydrogens is 466 g/mol. The predicted molar refractivity (Wildman–Crippen MR) is 137 cm³/mol. The smallest absolute Gasteiger partial charge is 0.264 e. The Morgan fingerprint density at radius 3 is 2.23 bits per heavy atom. The van der Waals surface area contributed by atoms with E-state index in [0.717, 1.165) is 21.0 Å². The summed E-state index contributed by atoms with van der Waals surface area (Å²) in [5.74, 6) is 0.502. The monoisotopic (exact) mass is 495 g/mol. The molecule has 0 fully saturated rings. The van der Waals surface area contributed by atoms with Crippen molar-refractivity contribution in [3.63, 3.8) is 0 Å². The number of benzene rings is 3. The Hall–Kier alpha value is -3.85. The van der Waals surface area contributed by atoms with E-state index in [4.69, 9.17) is 9.47 Å². The van der Waals surface area contributed by atoms with Crippen molar-refractivity contribution in [3.8, 4) is 11.5 Å². The number of aryl methyl sites for hydroxylation is 3. The summed E-state index contributed by atoms with van der Waals surface area (Å²) < 4.78 is 38.5. The van der Waals surface area contributed by atoms with Crippen LogP contribution in [-0.4, -0.2) is 41.3 Å². The van der Waals surface area contributed by atoms with Crippen LogP contribution in [0.3, 0.4) is 0 Å². The number of hydrogen-bond donors (Lipinski definition) is 1. The highest BCUT2D eigenvalue weighted by Gasteiger charge is 2.27. The predicted octanol–water partition coefficient (Wildman–Crippen LogP) is 3.97. The van der Waals surface area contributed by atoms with E-state index in [1.807, 2.05) is 26.8 Å². The fraction of sp³-hybridized carbons (Fsp3) is 0.231. The molecule has 0 atom stereocenters. The average Bonchev–Trinajstić information content (AvgIpc) is 2.84. The van der Waals surface area contributed by atoms with Crippen LogP contribution in [0.15, 0.2) is 70.7 Å². The van der Waals surface area contributed by atoms with Crippen molar-refractivity contribution >= 4 is 27.8 Å². The van der Waals surface area contributed by atoms with Gasteiger partial charge in [0.2, 0.25) is 0 Å². The van der Waals surface area contributed by atoms with E-state index in [-0.39, 0.29) is 4.90 Å². The van der Waals surface area contributed by atoms with Crippen LogP contribution >= 0.6 is 0 Å². The number of methoxy groups -OCH3 is 2. The first-order valence-electron chi connectivity index (χ1n) is 10.9. The van der Waals surface area contributed by atoms with Gasteiger partial charge in [-0.15, -0.1) is 0 Å². The van der Waals surface area contributed by atoms with Crippen LogP contribution in [0.1, 0.15) is 22.3 Å². The van der Waals surface area contributed by atoms with Gasteiger partial charge in [-0.05, 0) is 79.9 Å². The molecule has 0 aromatic heterocycles. The lowest BCUT2D eigenvalue weighted by Crippen LogP contribution is -2.39. The molecule has 0 aliphatic rings. The van der Waals surface area contributed by atoms with Crippen molar-refractivity contribution < 1.29 is 22.7 Å². The molecular formula is C26H29N3O5S. The molecule has 3 aromatic rings. The molecule has 0 aliphatic heterocycles. The Labute approximate surface area is 206 Å². The van der Waals surface area contributed by atoms with Gasteiger partial charge in [0.25, 0.3) is 15.9 Å². The summed E-state index contributed by atoms with van der Waals surface area (Å²) in [6.07, 6.45) is 1.44. The quantitative estimate of drug-likeness (QED) is 0.358. The molecule has 0 spiro atoms. The molecule has 1 amide bonds. The van der Waals surface area contributed by atoms with Crippen LogP contribution in [0.5, 0.6) is 11.5 Å². The van der Waals surface area contributed by atoms with Gasteiger partial charge < -0.3 is 9.47 Å². The highest BCUT2D eigenvalue weighted by Crippen LogP contribution is 2.27. The first-order valence-corrected chi connectivity index (χ1v) is 12.3. The van der Waals surface area contributed by atoms with Crippen LogP contribution in [-0.2, 0) is 14.8 Å². The van der Waals surface area contributed by atoms with Crippen LogP contribution in [0, 0.1) is 20.8 Å². The Kier molecular flexibility index (Phi) is 8.14. The van der Waals surface area contributed by atoms with Crippen molar-refractivity contribution in [2.45, 2.75) is 25.7 Å². The van der Waals surface area contributed by atoms with Gasteiger partial charge in [0.05, 0.1) is 31.0 Å². The molecule has 35 heavy (non-hydrogen) atoms. The van der Waals surface area contributed by atoms with Crippen LogP contribution in [0.2, 0.25) is 0 Å². The third-order valence-electron chi connectivity index (χ3n) is 5.49. The van der Waals surface area contributed by atoms with E-state index in [9.17, 15) is 13.2 Å². The zero-order valence-electron chi connectivity index (χ0n) is 20.4. The number of hydrazone groups is 1. The molecule has 8 nitrogen and oxygen atoms in total. The molecule has 0 saturated heterocycles. The minimum atomic E-state index is -4.00. The summed E-state index contributed by atoms with van der Waals surface area (Å²) in [5, 5.41) is 3.97. The summed E-state index contributed by atoms with van der Waals surface area (Å²) in [6, 6.07) is 17.0. The fourth-order valence-electron chi connectivity index (χ4n) is 3.31. The minimum Gasteiger partial charge on any atom is -0.493 e. The number of carbonyl (C=O) groups is 1. The topological polar surface area (TPSA) is 97.3 Å². The first-order chi connectivity index (χ1) is 16.6. The zero-order valence-corrected chi connectivity index (χ0v) is 21.2. The van der Waals surface area contributed by atoms with E-state index in [1.54, 1.807) is 42.5 Å². The van der Waals surface area contributed by atoms with Crippen molar-refractivity contribution in [2.24, 2.45) is 5.10 Å². The summed E-state index contributed by atoms with van der Waals surface area (Å²) in [5.41, 5.74) is 6.34. The number of hydrogen-bond acceptors (Lipinski definition) is 6. The van der Waals surface area contributed by atoms with E-state index in [1.165, 1.54) is 32.6 Å². The Balaban J connectivity index is 1.84. The van der Waals surface area contributed by atoms with Crippen LogP contribution in [0.4, 0.5) is 5.69 Å². The largest absolute Gasteiger partial charge is 0.493 e. The maximum absolute atomic E-state index is 13.5. The molecule has 0 aliphatic carbocycles. The lowest BCUT2D eigenvalue weighted by molar-refractivity contribution is -0.119. The van der Waals surface area contributed by atoms with Crippen molar-refractivity contribution in [1.29, 1.82) is 0 Å². The molecule has 1 N–H and O–H groups in total. The summed E-state index contributed by atoms with van der Waals surface area (Å²) in [7, 11) is -0.936. The average molecular weight is 496 g/mol. The van der Waals surface area contributed by atoms with E-state index in [2.05, 4.69) is 10.5 Å². The van der Waals surface area contributed by atoms with Crippen molar-refractivity contribution in [3.05, 3.63) is 82.9 Å². The number of ether oxygens (including phenoxy) is 2. The number of nitrogens with zero attached hydrogens (tertiary/aromatic N) is 2. The van der Waals surface area contributed by atoms with Gasteiger partial charge in [-0.25, -0.2) is 13.8 Å². The Bertz CT molecular complexity index is 1340. The summed E-state index contributed by atoms with van der Waals surface area (Å²) in [6.45, 7) is 5.26. The second-order valence-electron chi connectivity index (χ2n) is 8.00. The maximum atomic E-state index is 13.5. The lowest BCUT2D eigenvalue weighted by atomic mass is 10.1. The van der Waals surface area contributed by atoms with Crippen LogP contribution < -0.4 is 19.2 Å². The number of nitrogens with one attached hydrogen (secondary N) is 1. The van der Waals surface area contributed by atoms with Gasteiger partial charge in [0.15, 0.2) is 11.5 Å². The first kappa shape index (κ1) is 25.8. The van der Waals surface area contributed by atoms with Gasteiger partial charge in [-0.1, -0.05) is 23.8 Å². The normalized spacial score (nSPS) is 11.3. The third-order valence-corrected chi connectivity index (χ3v) is 7.27. The van der Waals surface area contributed by atoms with Crippen LogP contribution in [0.25, 0.3) is 0 Å². The molecule has 3 rings (SSSR count). The van der Waals surface area contributed by atoms with Gasteiger partial charge in [-0.3, -0.25) is 9.10 Å². The second kappa shape index (κ2) is 11.1. The third kappa shape index (κ3) is 6.19. The summed E-state index contributed by atoms with van der Waals surface area (Å²) >= 11 is 0. The molecule has 3 aromatic carbocycles. The minimum absolute atomic E-state index is 0.1000. The SMILES string of the molecule is COc1ccc(/C=N\NC(=O)CN(c2ccc(C)c(C)c2)S(=O)(=O)c2ccc(C)cc2)cc1OC. The molecule has 184 valence electrons. The molecule has 0 bridgehead atoms. The van der Waals surface area contributed by atoms with E-state index in [0.29, 0.717) is 22.7 Å². The molecule has 0 saturated carbocycles. The number of rotatable bonds is 9. The Morgan fingerprint density at radius 1 is 0.914 bits per heavy atom. The second-order valence-corrected chi connectivity index (χ2v) is 9.86. The van der Waals surface area contributed by atoms with Crippen molar-refractivity contribution in [2.75, 3.05) is 25.1 Å². The number of carbonyl (C=O) groups excluding carboxylic acids is 1. The molecule has 9 heteroatoms. The van der Waals surface area contributed by atoms with Crippen molar-refractivity contribution in [1.82, 2.24) is 5.43 Å². The highest BCUT2D eigenvalue weighted by molar-refractivity contribution is 7.92. The lowest BCUT2D eigenvalue weighted by Gasteiger charge is -2.24. The van der Waals surface area contributed by atoms with Gasteiger partial charge in [-0.2, -0.15) is 5.10 Å². The standard InChI is InChI=1S/C26H29N3O5S/c1-18-6-11-23(12-7-18)35(31,32)29(22-10-8-19(2)20(3)14-22)17-26(30)28-27-16-21-9-13-24(33-4)25(15-21)34-5/h6-16H,17H2,1-5H3,(H,28,30)/b27-16-. The highest BCUT2D eigenvalue weighted by atomic mass is 32.2. The fourth-order valence-corrected chi connectivity index (χ4v) is 4.72. The van der Waals surface area contributed by atoms with Gasteiger partial charge >= 0.3 is 0 Å². The van der Waals surface area contributed by atoms with E-state index < -0.39 is 22.5 Å². The number of sulfonamides is 1. The maximum Gasteiger partial charge on any atom is 0.264 e. The number of anilines is 1. The Morgan fingerprint density at radius 2 is 1.60 bits per heavy atom. The summed E-state index contributed by atoms with van der Waals surface area (Å²) in [4.78, 5) is 12.8. The zero-order chi connectivity index (χ0) is 25.6. The van der Waals surface area contributed by atoms with Gasteiger partial charge in [0, 0.05) is 0 Å².